The lowest BCUT2D eigenvalue weighted by atomic mass is 10.2. The summed E-state index contributed by atoms with van der Waals surface area (Å²) in [5.41, 5.74) is 2.10. The van der Waals surface area contributed by atoms with Gasteiger partial charge in [0.05, 0.1) is 4.90 Å². The van der Waals surface area contributed by atoms with Crippen molar-refractivity contribution >= 4 is 20.7 Å². The number of ether oxygens (including phenoxy) is 1. The fourth-order valence-corrected chi connectivity index (χ4v) is 5.29. The molecule has 1 atom stereocenters. The Morgan fingerprint density at radius 1 is 0.889 bits per heavy atom. The Bertz CT molecular complexity index is 1030. The third kappa shape index (κ3) is 5.28. The standard InChI is InChI=1S/C21H21NO3S2/c1-17-8-14-21(15-9-17)27(23,24)22-26(2)20-12-10-19(11-13-20)25-16-18-6-4-3-5-7-18/h3-15H,16H2,1-2H3. The molecule has 1 unspecified atom stereocenters. The van der Waals surface area contributed by atoms with Crippen LogP contribution in [0.2, 0.25) is 0 Å². The van der Waals surface area contributed by atoms with Gasteiger partial charge in [0.1, 0.15) is 12.4 Å². The van der Waals surface area contributed by atoms with Crippen molar-refractivity contribution in [3.63, 3.8) is 0 Å². The molecule has 0 aliphatic heterocycles. The van der Waals surface area contributed by atoms with Gasteiger partial charge >= 0.3 is 0 Å². The first-order valence-corrected chi connectivity index (χ1v) is 11.4. The van der Waals surface area contributed by atoms with E-state index < -0.39 is 20.7 Å². The van der Waals surface area contributed by atoms with Crippen LogP contribution in [0, 0.1) is 6.92 Å². The van der Waals surface area contributed by atoms with Crippen LogP contribution in [0.25, 0.3) is 0 Å². The Morgan fingerprint density at radius 2 is 1.52 bits per heavy atom. The van der Waals surface area contributed by atoms with Crippen LogP contribution in [0.15, 0.2) is 92.4 Å². The molecule has 0 fully saturated rings. The van der Waals surface area contributed by atoms with Crippen molar-refractivity contribution in [2.75, 3.05) is 6.26 Å². The number of sulfonamides is 1. The monoisotopic (exact) mass is 399 g/mol. The van der Waals surface area contributed by atoms with Crippen LogP contribution in [0.5, 0.6) is 5.75 Å². The van der Waals surface area contributed by atoms with Crippen LogP contribution < -0.4 is 4.74 Å². The maximum absolute atomic E-state index is 12.5. The summed E-state index contributed by atoms with van der Waals surface area (Å²) < 4.78 is 34.8. The minimum atomic E-state index is -3.67. The first-order chi connectivity index (χ1) is 12.9. The summed E-state index contributed by atoms with van der Waals surface area (Å²) in [5.74, 6) is 0.737. The van der Waals surface area contributed by atoms with Gasteiger partial charge in [-0.15, -0.1) is 3.77 Å². The molecule has 0 aliphatic rings. The van der Waals surface area contributed by atoms with Crippen molar-refractivity contribution < 1.29 is 13.2 Å². The van der Waals surface area contributed by atoms with Gasteiger partial charge in [-0.1, -0.05) is 58.7 Å². The molecule has 0 saturated carbocycles. The van der Waals surface area contributed by atoms with E-state index in [4.69, 9.17) is 4.74 Å². The van der Waals surface area contributed by atoms with Crippen LogP contribution in [0.1, 0.15) is 11.1 Å². The fraction of sp³-hybridized carbons (Fsp3) is 0.143. The molecule has 3 aromatic rings. The summed E-state index contributed by atoms with van der Waals surface area (Å²) in [6.07, 6.45) is 1.80. The van der Waals surface area contributed by atoms with E-state index in [9.17, 15) is 8.42 Å². The number of benzene rings is 3. The normalized spacial score (nSPS) is 12.7. The smallest absolute Gasteiger partial charge is 0.288 e. The minimum Gasteiger partial charge on any atom is -0.489 e. The van der Waals surface area contributed by atoms with Crippen molar-refractivity contribution in [1.29, 1.82) is 0 Å². The lowest BCUT2D eigenvalue weighted by Gasteiger charge is -2.08. The zero-order chi connectivity index (χ0) is 19.3. The molecule has 3 aromatic carbocycles. The Hall–Kier alpha value is -2.44. The van der Waals surface area contributed by atoms with Gasteiger partial charge in [0.25, 0.3) is 10.0 Å². The van der Waals surface area contributed by atoms with Crippen LogP contribution in [-0.4, -0.2) is 14.7 Å². The molecule has 3 rings (SSSR count). The Morgan fingerprint density at radius 3 is 2.15 bits per heavy atom. The average Bonchev–Trinajstić information content (AvgIpc) is 2.67. The molecule has 0 N–H and O–H groups in total. The molecule has 0 saturated heterocycles. The highest BCUT2D eigenvalue weighted by atomic mass is 32.3. The van der Waals surface area contributed by atoms with Crippen LogP contribution in [0.4, 0.5) is 0 Å². The van der Waals surface area contributed by atoms with E-state index in [1.165, 1.54) is 0 Å². The molecule has 0 spiro atoms. The Labute approximate surface area is 163 Å². The van der Waals surface area contributed by atoms with E-state index in [1.54, 1.807) is 30.5 Å². The summed E-state index contributed by atoms with van der Waals surface area (Å²) in [6.45, 7) is 2.41. The van der Waals surface area contributed by atoms with Crippen LogP contribution in [0.3, 0.4) is 0 Å². The first kappa shape index (κ1) is 19.3. The molecule has 27 heavy (non-hydrogen) atoms. The van der Waals surface area contributed by atoms with Gasteiger partial charge in [-0.3, -0.25) is 0 Å². The van der Waals surface area contributed by atoms with Gasteiger partial charge in [0, 0.05) is 4.90 Å². The van der Waals surface area contributed by atoms with Gasteiger partial charge in [-0.05, 0) is 55.1 Å². The highest BCUT2D eigenvalue weighted by Crippen LogP contribution is 2.20. The van der Waals surface area contributed by atoms with Crippen LogP contribution in [-0.2, 0) is 27.3 Å². The number of aryl methyl sites for hydroxylation is 1. The zero-order valence-electron chi connectivity index (χ0n) is 15.2. The SMILES string of the molecule is Cc1ccc(S(=O)(=O)/N=S(\C)c2ccc(OCc3ccccc3)cc2)cc1. The van der Waals surface area contributed by atoms with E-state index >= 15 is 0 Å². The first-order valence-electron chi connectivity index (χ1n) is 8.41. The molecule has 0 amide bonds. The molecular weight excluding hydrogens is 378 g/mol. The summed E-state index contributed by atoms with van der Waals surface area (Å²) in [7, 11) is -4.45. The van der Waals surface area contributed by atoms with E-state index in [1.807, 2.05) is 61.5 Å². The highest BCUT2D eigenvalue weighted by molar-refractivity contribution is 7.99. The summed E-state index contributed by atoms with van der Waals surface area (Å²) in [5, 5.41) is 0. The lowest BCUT2D eigenvalue weighted by Crippen LogP contribution is -2.00. The second-order valence-corrected chi connectivity index (χ2v) is 9.53. The maximum Gasteiger partial charge on any atom is 0.288 e. The fourth-order valence-electron chi connectivity index (χ4n) is 2.42. The number of hydrogen-bond donors (Lipinski definition) is 0. The molecule has 0 radical (unpaired) electrons. The highest BCUT2D eigenvalue weighted by Gasteiger charge is 2.13. The van der Waals surface area contributed by atoms with Crippen molar-refractivity contribution in [1.82, 2.24) is 0 Å². The molecular formula is C21H21NO3S2. The molecule has 0 aromatic heterocycles. The summed E-state index contributed by atoms with van der Waals surface area (Å²) >= 11 is 0. The van der Waals surface area contributed by atoms with E-state index in [0.717, 1.165) is 21.8 Å². The average molecular weight is 400 g/mol. The topological polar surface area (TPSA) is 55.7 Å². The molecule has 4 nitrogen and oxygen atoms in total. The van der Waals surface area contributed by atoms with Gasteiger partial charge < -0.3 is 4.74 Å². The zero-order valence-corrected chi connectivity index (χ0v) is 16.8. The molecule has 0 aliphatic carbocycles. The summed E-state index contributed by atoms with van der Waals surface area (Å²) in [4.78, 5) is 1.06. The molecule has 0 bridgehead atoms. The van der Waals surface area contributed by atoms with Gasteiger partial charge in [0.15, 0.2) is 0 Å². The number of nitrogens with zero attached hydrogens (tertiary/aromatic N) is 1. The Balaban J connectivity index is 1.72. The van der Waals surface area contributed by atoms with Crippen molar-refractivity contribution in [3.8, 4) is 5.75 Å². The predicted molar refractivity (Wildman–Crippen MR) is 110 cm³/mol. The third-order valence-corrected chi connectivity index (χ3v) is 7.44. The second-order valence-electron chi connectivity index (χ2n) is 6.09. The Kier molecular flexibility index (Phi) is 6.08. The van der Waals surface area contributed by atoms with E-state index in [-0.39, 0.29) is 4.90 Å². The van der Waals surface area contributed by atoms with Crippen LogP contribution >= 0.6 is 0 Å². The van der Waals surface area contributed by atoms with Gasteiger partial charge in [0.2, 0.25) is 0 Å². The third-order valence-electron chi connectivity index (χ3n) is 3.94. The molecule has 0 heterocycles. The minimum absolute atomic E-state index is 0.218. The van der Waals surface area contributed by atoms with Crippen molar-refractivity contribution in [2.24, 2.45) is 3.77 Å². The van der Waals surface area contributed by atoms with Gasteiger partial charge in [-0.25, -0.2) is 0 Å². The van der Waals surface area contributed by atoms with E-state index in [2.05, 4.69) is 3.77 Å². The number of rotatable bonds is 6. The van der Waals surface area contributed by atoms with Crippen molar-refractivity contribution in [2.45, 2.75) is 23.3 Å². The maximum atomic E-state index is 12.5. The quantitative estimate of drug-likeness (QED) is 0.601. The summed E-state index contributed by atoms with van der Waals surface area (Å²) in [6, 6.07) is 24.1. The largest absolute Gasteiger partial charge is 0.489 e. The van der Waals surface area contributed by atoms with Crippen molar-refractivity contribution in [3.05, 3.63) is 90.0 Å². The van der Waals surface area contributed by atoms with Gasteiger partial charge in [-0.2, -0.15) is 8.42 Å². The second kappa shape index (κ2) is 8.50. The lowest BCUT2D eigenvalue weighted by molar-refractivity contribution is 0.306. The number of hydrogen-bond acceptors (Lipinski definition) is 3. The molecule has 140 valence electrons. The van der Waals surface area contributed by atoms with E-state index in [0.29, 0.717) is 6.61 Å². The predicted octanol–water partition coefficient (Wildman–Crippen LogP) is 4.75. The molecule has 6 heteroatoms.